The van der Waals surface area contributed by atoms with Gasteiger partial charge in [0, 0.05) is 11.4 Å². The highest BCUT2D eigenvalue weighted by Gasteiger charge is 2.31. The van der Waals surface area contributed by atoms with Gasteiger partial charge in [0.2, 0.25) is 5.91 Å². The first-order chi connectivity index (χ1) is 16.2. The maximum atomic E-state index is 13.0. The summed E-state index contributed by atoms with van der Waals surface area (Å²) in [6.07, 6.45) is -4.32. The van der Waals surface area contributed by atoms with E-state index in [4.69, 9.17) is 11.5 Å². The predicted octanol–water partition coefficient (Wildman–Crippen LogP) is 4.55. The molecule has 34 heavy (non-hydrogen) atoms. The molecule has 0 aliphatic heterocycles. The summed E-state index contributed by atoms with van der Waals surface area (Å²) in [5.41, 5.74) is 14.8. The molecular formula is C25H27F3N4O2. The van der Waals surface area contributed by atoms with Gasteiger partial charge in [-0.3, -0.25) is 4.79 Å². The molecule has 180 valence electrons. The van der Waals surface area contributed by atoms with Crippen molar-refractivity contribution >= 4 is 17.3 Å². The summed E-state index contributed by atoms with van der Waals surface area (Å²) in [6.45, 7) is 0.345. The molecule has 0 fully saturated rings. The number of ether oxygens (including phenoxy) is 1. The van der Waals surface area contributed by atoms with Gasteiger partial charge in [-0.25, -0.2) is 0 Å². The van der Waals surface area contributed by atoms with Crippen LogP contribution in [0.3, 0.4) is 0 Å². The molecule has 3 aromatic carbocycles. The van der Waals surface area contributed by atoms with Gasteiger partial charge in [0.05, 0.1) is 12.0 Å². The third-order valence-corrected chi connectivity index (χ3v) is 5.35. The molecule has 3 aromatic rings. The number of halogens is 3. The van der Waals surface area contributed by atoms with Crippen LogP contribution in [-0.2, 0) is 4.79 Å². The minimum Gasteiger partial charge on any atom is -0.406 e. The summed E-state index contributed by atoms with van der Waals surface area (Å²) in [6, 6.07) is 19.5. The summed E-state index contributed by atoms with van der Waals surface area (Å²) < 4.78 is 42.0. The maximum Gasteiger partial charge on any atom is 0.573 e. The molecule has 2 atom stereocenters. The zero-order chi connectivity index (χ0) is 24.7. The van der Waals surface area contributed by atoms with Crippen molar-refractivity contribution in [2.45, 2.75) is 24.7 Å². The fraction of sp³-hybridized carbons (Fsp3) is 0.240. The summed E-state index contributed by atoms with van der Waals surface area (Å²) in [5.74, 6) is -0.974. The first-order valence-electron chi connectivity index (χ1n) is 10.7. The van der Waals surface area contributed by atoms with Crippen molar-refractivity contribution in [2.75, 3.05) is 24.6 Å². The molecule has 0 aliphatic rings. The van der Waals surface area contributed by atoms with Crippen molar-refractivity contribution in [3.8, 4) is 5.75 Å². The van der Waals surface area contributed by atoms with Gasteiger partial charge in [-0.2, -0.15) is 0 Å². The second-order valence-electron chi connectivity index (χ2n) is 7.72. The van der Waals surface area contributed by atoms with Gasteiger partial charge < -0.3 is 26.8 Å². The third kappa shape index (κ3) is 6.49. The Morgan fingerprint density at radius 2 is 1.71 bits per heavy atom. The minimum absolute atomic E-state index is 0.214. The van der Waals surface area contributed by atoms with Gasteiger partial charge >= 0.3 is 6.36 Å². The molecule has 1 amide bonds. The molecular weight excluding hydrogens is 445 g/mol. The molecule has 6 nitrogen and oxygen atoms in total. The average molecular weight is 473 g/mol. The summed E-state index contributed by atoms with van der Waals surface area (Å²) >= 11 is 0. The molecule has 0 heterocycles. The minimum atomic E-state index is -4.80. The van der Waals surface area contributed by atoms with Gasteiger partial charge in [-0.15, -0.1) is 13.2 Å². The van der Waals surface area contributed by atoms with Crippen LogP contribution < -0.4 is 26.8 Å². The van der Waals surface area contributed by atoms with Gasteiger partial charge in [0.1, 0.15) is 5.75 Å². The molecule has 9 heteroatoms. The Labute approximate surface area is 196 Å². The van der Waals surface area contributed by atoms with Crippen molar-refractivity contribution in [1.82, 2.24) is 5.32 Å². The zero-order valence-corrected chi connectivity index (χ0v) is 18.6. The lowest BCUT2D eigenvalue weighted by Crippen LogP contribution is -2.24. The highest BCUT2D eigenvalue weighted by molar-refractivity contribution is 5.96. The lowest BCUT2D eigenvalue weighted by atomic mass is 9.94. The Kier molecular flexibility index (Phi) is 8.14. The number of nitrogens with one attached hydrogen (secondary N) is 2. The number of rotatable bonds is 9. The van der Waals surface area contributed by atoms with Crippen LogP contribution in [0.4, 0.5) is 24.5 Å². The van der Waals surface area contributed by atoms with E-state index in [2.05, 4.69) is 15.4 Å². The number of carbonyl (C=O) groups is 1. The largest absolute Gasteiger partial charge is 0.573 e. The van der Waals surface area contributed by atoms with Gasteiger partial charge in [0.15, 0.2) is 0 Å². The topological polar surface area (TPSA) is 102 Å². The first-order valence-corrected chi connectivity index (χ1v) is 10.7. The number of alkyl halides is 3. The van der Waals surface area contributed by atoms with E-state index >= 15 is 0 Å². The molecule has 0 saturated heterocycles. The number of hydrogen-bond donors (Lipinski definition) is 4. The predicted molar refractivity (Wildman–Crippen MR) is 126 cm³/mol. The molecule has 2 unspecified atom stereocenters. The molecule has 0 radical (unpaired) electrons. The number of nitrogens with two attached hydrogens (primary N) is 2. The molecule has 0 aromatic heterocycles. The third-order valence-electron chi connectivity index (χ3n) is 5.35. The van der Waals surface area contributed by atoms with E-state index in [0.29, 0.717) is 35.5 Å². The monoisotopic (exact) mass is 472 g/mol. The van der Waals surface area contributed by atoms with E-state index in [1.807, 2.05) is 30.3 Å². The Balaban J connectivity index is 1.87. The molecule has 6 N–H and O–H groups in total. The van der Waals surface area contributed by atoms with E-state index in [1.54, 1.807) is 31.3 Å². The maximum absolute atomic E-state index is 13.0. The second-order valence-corrected chi connectivity index (χ2v) is 7.72. The van der Waals surface area contributed by atoms with Crippen LogP contribution in [0.2, 0.25) is 0 Å². The van der Waals surface area contributed by atoms with Crippen LogP contribution >= 0.6 is 0 Å². The van der Waals surface area contributed by atoms with Gasteiger partial charge in [-0.05, 0) is 67.0 Å². The number of benzene rings is 3. The van der Waals surface area contributed by atoms with E-state index < -0.39 is 18.3 Å². The summed E-state index contributed by atoms with van der Waals surface area (Å²) in [4.78, 5) is 13.0. The standard InChI is InChI=1S/C25H27F3N4O2/c1-31-23(17-8-5-9-19(14-17)34-25(26,27)28)21-15-18(10-11-22(21)30)32-24(33)20(12-13-29)16-6-3-2-4-7-16/h2-11,14-15,20,23,31H,12-13,29-30H2,1H3,(H,32,33). The smallest absolute Gasteiger partial charge is 0.406 e. The Bertz CT molecular complexity index is 1110. The van der Waals surface area contributed by atoms with Crippen LogP contribution in [0.1, 0.15) is 35.1 Å². The first kappa shape index (κ1) is 25.1. The Morgan fingerprint density at radius 3 is 2.35 bits per heavy atom. The van der Waals surface area contributed by atoms with Crippen LogP contribution in [0, 0.1) is 0 Å². The number of nitrogen functional groups attached to an aromatic ring is 1. The molecule has 0 bridgehead atoms. The Hall–Kier alpha value is -3.56. The van der Waals surface area contributed by atoms with Crippen molar-refractivity contribution in [3.05, 3.63) is 89.5 Å². The van der Waals surface area contributed by atoms with Crippen LogP contribution in [0.15, 0.2) is 72.8 Å². The average Bonchev–Trinajstić information content (AvgIpc) is 2.79. The number of hydrogen-bond acceptors (Lipinski definition) is 5. The van der Waals surface area contributed by atoms with Crippen molar-refractivity contribution in [1.29, 1.82) is 0 Å². The van der Waals surface area contributed by atoms with Gasteiger partial charge in [0.25, 0.3) is 0 Å². The highest BCUT2D eigenvalue weighted by atomic mass is 19.4. The lowest BCUT2D eigenvalue weighted by Gasteiger charge is -2.22. The fourth-order valence-corrected chi connectivity index (χ4v) is 3.83. The number of anilines is 2. The van der Waals surface area contributed by atoms with Crippen LogP contribution in [0.5, 0.6) is 5.75 Å². The molecule has 0 spiro atoms. The lowest BCUT2D eigenvalue weighted by molar-refractivity contribution is -0.274. The Morgan fingerprint density at radius 1 is 1.00 bits per heavy atom. The number of amides is 1. The second kappa shape index (κ2) is 11.0. The van der Waals surface area contributed by atoms with E-state index in [9.17, 15) is 18.0 Å². The fourth-order valence-electron chi connectivity index (χ4n) is 3.83. The summed E-state index contributed by atoms with van der Waals surface area (Å²) in [5, 5.41) is 5.98. The zero-order valence-electron chi connectivity index (χ0n) is 18.6. The van der Waals surface area contributed by atoms with Crippen molar-refractivity contribution in [2.24, 2.45) is 5.73 Å². The number of carbonyl (C=O) groups excluding carboxylic acids is 1. The summed E-state index contributed by atoms with van der Waals surface area (Å²) in [7, 11) is 1.67. The van der Waals surface area contributed by atoms with Crippen molar-refractivity contribution < 1.29 is 22.7 Å². The van der Waals surface area contributed by atoms with Crippen LogP contribution in [-0.4, -0.2) is 25.9 Å². The van der Waals surface area contributed by atoms with Crippen LogP contribution in [0.25, 0.3) is 0 Å². The highest BCUT2D eigenvalue weighted by Crippen LogP contribution is 2.32. The molecule has 3 rings (SSSR count). The van der Waals surface area contributed by atoms with E-state index in [1.165, 1.54) is 18.2 Å². The molecule has 0 saturated carbocycles. The normalized spacial score (nSPS) is 13.2. The quantitative estimate of drug-likeness (QED) is 0.342. The van der Waals surface area contributed by atoms with Gasteiger partial charge in [-0.1, -0.05) is 42.5 Å². The van der Waals surface area contributed by atoms with E-state index in [-0.39, 0.29) is 11.7 Å². The SMILES string of the molecule is CNC(c1cccc(OC(F)(F)F)c1)c1cc(NC(=O)C(CCN)c2ccccc2)ccc1N. The van der Waals surface area contributed by atoms with Crippen molar-refractivity contribution in [3.63, 3.8) is 0 Å². The molecule has 0 aliphatic carbocycles. The van der Waals surface area contributed by atoms with E-state index in [0.717, 1.165) is 5.56 Å².